The molecule has 1 atom stereocenters. The largest absolute Gasteiger partial charge is 0.507 e. The lowest BCUT2D eigenvalue weighted by molar-refractivity contribution is -0.132. The minimum absolute atomic E-state index is 0.0290. The molecule has 190 valence electrons. The molecule has 2 aliphatic rings. The number of aliphatic hydroxyl groups excluding tert-OH is 1. The van der Waals surface area contributed by atoms with Gasteiger partial charge in [0.15, 0.2) is 11.5 Å². The second-order valence-electron chi connectivity index (χ2n) is 9.59. The monoisotopic (exact) mass is 499 g/mol. The predicted octanol–water partition coefficient (Wildman–Crippen LogP) is 5.43. The molecule has 0 radical (unpaired) electrons. The molecule has 2 heterocycles. The first-order chi connectivity index (χ1) is 17.8. The Morgan fingerprint density at radius 1 is 1.00 bits per heavy atom. The zero-order valence-corrected chi connectivity index (χ0v) is 21.1. The lowest BCUT2D eigenvalue weighted by Gasteiger charge is -2.27. The third-order valence-electron chi connectivity index (χ3n) is 6.38. The molecule has 3 aromatic rings. The smallest absolute Gasteiger partial charge is 0.300 e. The number of Topliss-reactive ketones (excluding diaryl/α,β-unsaturated/α-hetero) is 1. The first kappa shape index (κ1) is 24.4. The molecule has 0 aromatic heterocycles. The summed E-state index contributed by atoms with van der Waals surface area (Å²) in [7, 11) is 0. The van der Waals surface area contributed by atoms with Gasteiger partial charge in [-0.05, 0) is 54.3 Å². The number of anilines is 1. The highest BCUT2D eigenvalue weighted by atomic mass is 16.6. The van der Waals surface area contributed by atoms with E-state index < -0.39 is 17.7 Å². The van der Waals surface area contributed by atoms with E-state index in [0.29, 0.717) is 59.8 Å². The summed E-state index contributed by atoms with van der Waals surface area (Å²) in [5.74, 6) is 0.463. The summed E-state index contributed by atoms with van der Waals surface area (Å²) >= 11 is 0. The normalized spacial score (nSPS) is 18.4. The van der Waals surface area contributed by atoms with E-state index >= 15 is 0 Å². The van der Waals surface area contributed by atoms with Crippen LogP contribution in [0.2, 0.25) is 0 Å². The molecule has 3 aromatic carbocycles. The molecule has 1 fully saturated rings. The van der Waals surface area contributed by atoms with Crippen molar-refractivity contribution in [1.82, 2.24) is 0 Å². The highest BCUT2D eigenvalue weighted by Crippen LogP contribution is 2.44. The average molecular weight is 500 g/mol. The van der Waals surface area contributed by atoms with Crippen molar-refractivity contribution in [2.24, 2.45) is 5.92 Å². The highest BCUT2D eigenvalue weighted by molar-refractivity contribution is 6.51. The van der Waals surface area contributed by atoms with E-state index in [1.807, 2.05) is 37.3 Å². The zero-order valence-electron chi connectivity index (χ0n) is 21.1. The molecule has 1 saturated heterocycles. The van der Waals surface area contributed by atoms with Crippen LogP contribution in [0, 0.1) is 12.8 Å². The van der Waals surface area contributed by atoms with Gasteiger partial charge in [-0.2, -0.15) is 0 Å². The Kier molecular flexibility index (Phi) is 6.61. The van der Waals surface area contributed by atoms with Crippen LogP contribution in [0.4, 0.5) is 5.69 Å². The number of ether oxygens (including phenoxy) is 3. The maximum atomic E-state index is 13.4. The molecule has 0 aliphatic carbocycles. The van der Waals surface area contributed by atoms with Gasteiger partial charge in [-0.15, -0.1) is 0 Å². The van der Waals surface area contributed by atoms with Gasteiger partial charge in [0, 0.05) is 17.3 Å². The molecule has 5 rings (SSSR count). The maximum absolute atomic E-state index is 13.4. The Labute approximate surface area is 215 Å². The lowest BCUT2D eigenvalue weighted by Crippen LogP contribution is -2.29. The number of rotatable bonds is 6. The number of hydrogen-bond donors (Lipinski definition) is 1. The number of aliphatic hydroxyl groups is 1. The summed E-state index contributed by atoms with van der Waals surface area (Å²) < 4.78 is 17.2. The lowest BCUT2D eigenvalue weighted by atomic mass is 9.94. The first-order valence-corrected chi connectivity index (χ1v) is 12.3. The Balaban J connectivity index is 1.61. The van der Waals surface area contributed by atoms with Crippen molar-refractivity contribution >= 4 is 23.1 Å². The number of hydrogen-bond acceptors (Lipinski definition) is 6. The van der Waals surface area contributed by atoms with E-state index in [1.54, 1.807) is 36.4 Å². The van der Waals surface area contributed by atoms with Gasteiger partial charge in [0.05, 0.1) is 18.2 Å². The van der Waals surface area contributed by atoms with Crippen molar-refractivity contribution in [2.45, 2.75) is 26.8 Å². The number of fused-ring (bicyclic) bond motifs is 1. The van der Waals surface area contributed by atoms with Gasteiger partial charge in [-0.1, -0.05) is 44.2 Å². The van der Waals surface area contributed by atoms with Crippen LogP contribution in [-0.4, -0.2) is 36.6 Å². The Morgan fingerprint density at radius 3 is 2.43 bits per heavy atom. The number of carbonyl (C=O) groups is 2. The van der Waals surface area contributed by atoms with Crippen molar-refractivity contribution in [2.75, 3.05) is 24.7 Å². The summed E-state index contributed by atoms with van der Waals surface area (Å²) in [5.41, 5.74) is 2.47. The summed E-state index contributed by atoms with van der Waals surface area (Å²) in [6.07, 6.45) is 0. The Bertz CT molecular complexity index is 1380. The van der Waals surface area contributed by atoms with E-state index in [9.17, 15) is 14.7 Å². The topological polar surface area (TPSA) is 85.3 Å². The highest BCUT2D eigenvalue weighted by Gasteiger charge is 2.47. The van der Waals surface area contributed by atoms with Crippen LogP contribution >= 0.6 is 0 Å². The van der Waals surface area contributed by atoms with E-state index in [0.717, 1.165) is 5.56 Å². The second-order valence-corrected chi connectivity index (χ2v) is 9.59. The van der Waals surface area contributed by atoms with Gasteiger partial charge < -0.3 is 19.3 Å². The van der Waals surface area contributed by atoms with Gasteiger partial charge >= 0.3 is 0 Å². The minimum atomic E-state index is -0.819. The van der Waals surface area contributed by atoms with Crippen LogP contribution < -0.4 is 19.1 Å². The molecule has 0 spiro atoms. The first-order valence-electron chi connectivity index (χ1n) is 12.3. The number of nitrogens with zero attached hydrogens (tertiary/aromatic N) is 1. The van der Waals surface area contributed by atoms with Gasteiger partial charge in [-0.25, -0.2) is 0 Å². The van der Waals surface area contributed by atoms with Crippen molar-refractivity contribution in [1.29, 1.82) is 0 Å². The zero-order chi connectivity index (χ0) is 26.1. The van der Waals surface area contributed by atoms with Crippen molar-refractivity contribution in [3.05, 3.63) is 89.0 Å². The fraction of sp³-hybridized carbons (Fsp3) is 0.267. The van der Waals surface area contributed by atoms with Crippen molar-refractivity contribution in [3.8, 4) is 17.2 Å². The van der Waals surface area contributed by atoms with Crippen molar-refractivity contribution in [3.63, 3.8) is 0 Å². The number of amides is 1. The molecule has 0 bridgehead atoms. The van der Waals surface area contributed by atoms with Crippen LogP contribution in [0.25, 0.3) is 5.76 Å². The SMILES string of the molecule is Cc1cc(/C(O)=C2\C(=O)C(=O)N(c3ccc4c(c3)OCCO4)C2c2ccccc2)ccc1OCC(C)C. The molecule has 37 heavy (non-hydrogen) atoms. The summed E-state index contributed by atoms with van der Waals surface area (Å²) in [5, 5.41) is 11.4. The third kappa shape index (κ3) is 4.65. The standard InChI is InChI=1S/C30H29NO6/c1-18(2)17-37-23-11-9-21(15-19(23)3)28(32)26-27(20-7-5-4-6-8-20)31(30(34)29(26)33)22-10-12-24-25(16-22)36-14-13-35-24/h4-12,15-16,18,27,32H,13-14,17H2,1-3H3/b28-26+. The molecule has 1 amide bonds. The fourth-order valence-electron chi connectivity index (χ4n) is 4.60. The molecular weight excluding hydrogens is 470 g/mol. The number of aryl methyl sites for hydroxylation is 1. The van der Waals surface area contributed by atoms with Gasteiger partial charge in [0.25, 0.3) is 11.7 Å². The molecule has 7 heteroatoms. The van der Waals surface area contributed by atoms with Crippen LogP contribution in [0.15, 0.2) is 72.3 Å². The van der Waals surface area contributed by atoms with E-state index in [2.05, 4.69) is 13.8 Å². The van der Waals surface area contributed by atoms with Crippen LogP contribution in [0.1, 0.15) is 36.6 Å². The molecule has 7 nitrogen and oxygen atoms in total. The molecule has 1 N–H and O–H groups in total. The average Bonchev–Trinajstić information content (AvgIpc) is 3.17. The van der Waals surface area contributed by atoms with Crippen molar-refractivity contribution < 1.29 is 28.9 Å². The predicted molar refractivity (Wildman–Crippen MR) is 140 cm³/mol. The summed E-state index contributed by atoms with van der Waals surface area (Å²) in [6, 6.07) is 18.8. The molecule has 0 saturated carbocycles. The number of ketones is 1. The molecule has 1 unspecified atom stereocenters. The number of benzene rings is 3. The molecular formula is C30H29NO6. The van der Waals surface area contributed by atoms with E-state index in [1.165, 1.54) is 4.90 Å². The third-order valence-corrected chi connectivity index (χ3v) is 6.38. The Morgan fingerprint density at radius 2 is 1.73 bits per heavy atom. The number of carbonyl (C=O) groups excluding carboxylic acids is 2. The van der Waals surface area contributed by atoms with Gasteiger partial charge in [0.1, 0.15) is 24.7 Å². The summed E-state index contributed by atoms with van der Waals surface area (Å²) in [6.45, 7) is 7.44. The van der Waals surface area contributed by atoms with Gasteiger partial charge in [-0.3, -0.25) is 14.5 Å². The van der Waals surface area contributed by atoms with E-state index in [-0.39, 0.29) is 11.3 Å². The molecule has 2 aliphatic heterocycles. The van der Waals surface area contributed by atoms with Crippen LogP contribution in [0.3, 0.4) is 0 Å². The van der Waals surface area contributed by atoms with E-state index in [4.69, 9.17) is 14.2 Å². The van der Waals surface area contributed by atoms with Gasteiger partial charge in [0.2, 0.25) is 0 Å². The minimum Gasteiger partial charge on any atom is -0.507 e. The second kappa shape index (κ2) is 10.0. The fourth-order valence-corrected chi connectivity index (χ4v) is 4.60. The Hall–Kier alpha value is -4.26. The maximum Gasteiger partial charge on any atom is 0.300 e. The summed E-state index contributed by atoms with van der Waals surface area (Å²) in [4.78, 5) is 28.2. The van der Waals surface area contributed by atoms with Crippen LogP contribution in [0.5, 0.6) is 17.2 Å². The van der Waals surface area contributed by atoms with Crippen LogP contribution in [-0.2, 0) is 9.59 Å². The quantitative estimate of drug-likeness (QED) is 0.277.